The normalized spacial score (nSPS) is 11.7. The summed E-state index contributed by atoms with van der Waals surface area (Å²) in [6.07, 6.45) is 1.45. The number of benzene rings is 1. The van der Waals surface area contributed by atoms with Gasteiger partial charge in [-0.05, 0) is 30.2 Å². The number of amides is 2. The number of rotatable bonds is 8. The van der Waals surface area contributed by atoms with Gasteiger partial charge in [0.05, 0.1) is 7.11 Å². The van der Waals surface area contributed by atoms with Crippen LogP contribution in [0.5, 0.6) is 5.75 Å². The summed E-state index contributed by atoms with van der Waals surface area (Å²) in [5, 5.41) is 18.0. The molecule has 0 saturated carbocycles. The quantitative estimate of drug-likeness (QED) is 0.641. The predicted octanol–water partition coefficient (Wildman–Crippen LogP) is 1.37. The molecule has 2 rings (SSSR count). The van der Waals surface area contributed by atoms with E-state index in [2.05, 4.69) is 15.7 Å². The Bertz CT molecular complexity index is 813. The topological polar surface area (TPSA) is 123 Å². The minimum atomic E-state index is -1.04. The number of carbonyl (C=O) groups excluding carboxylic acids is 2. The summed E-state index contributed by atoms with van der Waals surface area (Å²) in [4.78, 5) is 35.7. The van der Waals surface area contributed by atoms with Gasteiger partial charge in [0.1, 0.15) is 18.3 Å². The molecule has 0 radical (unpaired) electrons. The fourth-order valence-corrected chi connectivity index (χ4v) is 2.36. The van der Waals surface area contributed by atoms with Crippen LogP contribution in [0.3, 0.4) is 0 Å². The monoisotopic (exact) mass is 374 g/mol. The number of hydrogen-bond donors (Lipinski definition) is 3. The van der Waals surface area contributed by atoms with E-state index in [-0.39, 0.29) is 24.2 Å². The number of nitrogens with one attached hydrogen (secondary N) is 2. The molecule has 1 heterocycles. The second-order valence-corrected chi connectivity index (χ2v) is 6.21. The van der Waals surface area contributed by atoms with Gasteiger partial charge in [0.25, 0.3) is 5.91 Å². The van der Waals surface area contributed by atoms with E-state index < -0.39 is 17.9 Å². The number of carbonyl (C=O) groups is 3. The number of methoxy groups -OCH3 is 1. The van der Waals surface area contributed by atoms with Gasteiger partial charge in [0.2, 0.25) is 5.91 Å². The predicted molar refractivity (Wildman–Crippen MR) is 97.6 cm³/mol. The maximum absolute atomic E-state index is 12.5. The average Bonchev–Trinajstić information content (AvgIpc) is 3.05. The Morgan fingerprint density at radius 1 is 1.19 bits per heavy atom. The van der Waals surface area contributed by atoms with Crippen LogP contribution in [0.1, 0.15) is 24.2 Å². The summed E-state index contributed by atoms with van der Waals surface area (Å²) in [6.45, 7) is 3.31. The fraction of sp³-hybridized carbons (Fsp3) is 0.333. The molecule has 27 heavy (non-hydrogen) atoms. The molecule has 0 aliphatic rings. The summed E-state index contributed by atoms with van der Waals surface area (Å²) >= 11 is 0. The lowest BCUT2D eigenvalue weighted by Gasteiger charge is -2.21. The summed E-state index contributed by atoms with van der Waals surface area (Å²) in [7, 11) is 1.53. The summed E-state index contributed by atoms with van der Waals surface area (Å²) in [5.41, 5.74) is 0.403. The Morgan fingerprint density at radius 3 is 2.41 bits per heavy atom. The third kappa shape index (κ3) is 5.56. The zero-order valence-corrected chi connectivity index (χ0v) is 15.3. The molecule has 1 aromatic heterocycles. The number of carboxylic acids is 1. The molecule has 0 aliphatic carbocycles. The van der Waals surface area contributed by atoms with Gasteiger partial charge in [-0.15, -0.1) is 0 Å². The number of aromatic nitrogens is 2. The van der Waals surface area contributed by atoms with Gasteiger partial charge in [-0.25, -0.2) is 0 Å². The molecule has 0 bridgehead atoms. The molecular formula is C18H22N4O5. The van der Waals surface area contributed by atoms with Crippen molar-refractivity contribution in [3.63, 3.8) is 0 Å². The van der Waals surface area contributed by atoms with E-state index in [1.807, 2.05) is 13.8 Å². The van der Waals surface area contributed by atoms with Crippen molar-refractivity contribution < 1.29 is 24.2 Å². The Morgan fingerprint density at radius 2 is 1.85 bits per heavy atom. The number of aliphatic carboxylic acids is 1. The highest BCUT2D eigenvalue weighted by atomic mass is 16.5. The molecule has 3 N–H and O–H groups in total. The minimum Gasteiger partial charge on any atom is -0.497 e. The van der Waals surface area contributed by atoms with E-state index in [1.165, 1.54) is 24.1 Å². The number of carboxylic acid groups (broad SMARTS) is 1. The van der Waals surface area contributed by atoms with Crippen LogP contribution in [0.15, 0.2) is 36.5 Å². The first-order valence-corrected chi connectivity index (χ1v) is 8.31. The highest BCUT2D eigenvalue weighted by Crippen LogP contribution is 2.13. The molecule has 0 spiro atoms. The van der Waals surface area contributed by atoms with E-state index in [4.69, 9.17) is 9.84 Å². The van der Waals surface area contributed by atoms with Gasteiger partial charge in [-0.3, -0.25) is 19.1 Å². The average molecular weight is 374 g/mol. The minimum absolute atomic E-state index is 0.173. The Hall–Kier alpha value is -3.36. The number of anilines is 1. The molecule has 0 fully saturated rings. The van der Waals surface area contributed by atoms with E-state index in [0.717, 1.165) is 0 Å². The van der Waals surface area contributed by atoms with Gasteiger partial charge < -0.3 is 20.5 Å². The van der Waals surface area contributed by atoms with Crippen molar-refractivity contribution >= 4 is 23.6 Å². The highest BCUT2D eigenvalue weighted by molar-refractivity contribution is 6.01. The van der Waals surface area contributed by atoms with E-state index in [0.29, 0.717) is 11.3 Å². The van der Waals surface area contributed by atoms with Crippen LogP contribution < -0.4 is 15.4 Å². The molecular weight excluding hydrogens is 352 g/mol. The van der Waals surface area contributed by atoms with Crippen molar-refractivity contribution in [2.24, 2.45) is 5.92 Å². The van der Waals surface area contributed by atoms with Gasteiger partial charge in [-0.2, -0.15) is 5.10 Å². The molecule has 0 saturated heterocycles. The molecule has 0 aliphatic heterocycles. The smallest absolute Gasteiger partial charge is 0.325 e. The second-order valence-electron chi connectivity index (χ2n) is 6.21. The summed E-state index contributed by atoms with van der Waals surface area (Å²) in [5.74, 6) is -1.20. The molecule has 1 unspecified atom stereocenters. The standard InChI is InChI=1S/C18H22N4O5/c1-11(2)16(20-17(25)12-4-6-13(27-3)7-5-12)18(26)19-14-8-9-22(21-14)10-15(23)24/h4-9,11,16H,10H2,1-3H3,(H,20,25)(H,23,24)(H,19,21,26). The molecule has 1 atom stereocenters. The van der Waals surface area contributed by atoms with Gasteiger partial charge >= 0.3 is 5.97 Å². The van der Waals surface area contributed by atoms with Crippen LogP contribution in [0.4, 0.5) is 5.82 Å². The third-order valence-corrected chi connectivity index (χ3v) is 3.78. The van der Waals surface area contributed by atoms with Gasteiger partial charge in [-0.1, -0.05) is 13.8 Å². The Kier molecular flexibility index (Phi) is 6.53. The van der Waals surface area contributed by atoms with Crippen molar-refractivity contribution in [2.75, 3.05) is 12.4 Å². The number of nitrogens with zero attached hydrogens (tertiary/aromatic N) is 2. The van der Waals surface area contributed by atoms with Crippen molar-refractivity contribution in [2.45, 2.75) is 26.4 Å². The lowest BCUT2D eigenvalue weighted by Crippen LogP contribution is -2.47. The molecule has 2 aromatic rings. The van der Waals surface area contributed by atoms with Crippen LogP contribution in [0.25, 0.3) is 0 Å². The maximum Gasteiger partial charge on any atom is 0.325 e. The Balaban J connectivity index is 2.04. The van der Waals surface area contributed by atoms with Crippen molar-refractivity contribution in [3.8, 4) is 5.75 Å². The lowest BCUT2D eigenvalue weighted by molar-refractivity contribution is -0.137. The largest absolute Gasteiger partial charge is 0.497 e. The van der Waals surface area contributed by atoms with Crippen LogP contribution in [-0.4, -0.2) is 45.8 Å². The molecule has 2 amide bonds. The third-order valence-electron chi connectivity index (χ3n) is 3.78. The lowest BCUT2D eigenvalue weighted by atomic mass is 10.0. The first-order chi connectivity index (χ1) is 12.8. The van der Waals surface area contributed by atoms with E-state index >= 15 is 0 Å². The molecule has 9 heteroatoms. The van der Waals surface area contributed by atoms with Crippen LogP contribution >= 0.6 is 0 Å². The molecule has 1 aromatic carbocycles. The van der Waals surface area contributed by atoms with E-state index in [9.17, 15) is 14.4 Å². The van der Waals surface area contributed by atoms with Crippen LogP contribution in [0.2, 0.25) is 0 Å². The van der Waals surface area contributed by atoms with Crippen molar-refractivity contribution in [3.05, 3.63) is 42.1 Å². The van der Waals surface area contributed by atoms with Crippen LogP contribution in [-0.2, 0) is 16.1 Å². The second kappa shape index (κ2) is 8.84. The zero-order valence-electron chi connectivity index (χ0n) is 15.3. The first-order valence-electron chi connectivity index (χ1n) is 8.31. The number of hydrogen-bond acceptors (Lipinski definition) is 5. The number of ether oxygens (including phenoxy) is 1. The first kappa shape index (κ1) is 20.0. The van der Waals surface area contributed by atoms with Gasteiger partial charge in [0, 0.05) is 17.8 Å². The van der Waals surface area contributed by atoms with Gasteiger partial charge in [0.15, 0.2) is 5.82 Å². The molecule has 9 nitrogen and oxygen atoms in total. The van der Waals surface area contributed by atoms with Crippen LogP contribution in [0, 0.1) is 5.92 Å². The highest BCUT2D eigenvalue weighted by Gasteiger charge is 2.25. The van der Waals surface area contributed by atoms with Crippen molar-refractivity contribution in [1.29, 1.82) is 0 Å². The Labute approximate surface area is 156 Å². The summed E-state index contributed by atoms with van der Waals surface area (Å²) in [6, 6.07) is 7.24. The SMILES string of the molecule is COc1ccc(C(=O)NC(C(=O)Nc2ccn(CC(=O)O)n2)C(C)C)cc1. The van der Waals surface area contributed by atoms with E-state index in [1.54, 1.807) is 24.3 Å². The maximum atomic E-state index is 12.5. The summed E-state index contributed by atoms with van der Waals surface area (Å²) < 4.78 is 6.25. The fourth-order valence-electron chi connectivity index (χ4n) is 2.36. The zero-order chi connectivity index (χ0) is 20.0. The van der Waals surface area contributed by atoms with Crippen molar-refractivity contribution in [1.82, 2.24) is 15.1 Å². The molecule has 144 valence electrons.